The van der Waals surface area contributed by atoms with Gasteiger partial charge in [0, 0.05) is 20.5 Å². The van der Waals surface area contributed by atoms with E-state index in [2.05, 4.69) is 62.1 Å². The van der Waals surface area contributed by atoms with Crippen LogP contribution in [-0.2, 0) is 15.1 Å². The van der Waals surface area contributed by atoms with E-state index >= 15 is 0 Å². The molecule has 199 valence electrons. The van der Waals surface area contributed by atoms with E-state index in [9.17, 15) is 0 Å². The second kappa shape index (κ2) is 25.7. The van der Waals surface area contributed by atoms with Gasteiger partial charge in [-0.25, -0.2) is 0 Å². The first kappa shape index (κ1) is 33.6. The average Bonchev–Trinajstić information content (AvgIpc) is 3.66. The Hall–Kier alpha value is -1.36. The van der Waals surface area contributed by atoms with Gasteiger partial charge in [0.2, 0.25) is 0 Å². The molecule has 0 aliphatic carbocycles. The van der Waals surface area contributed by atoms with E-state index in [0.29, 0.717) is 0 Å². The fraction of sp³-hybridized carbons (Fsp3) is 0.500. The Kier molecular flexibility index (Phi) is 24.7. The molecule has 0 spiro atoms. The van der Waals surface area contributed by atoms with Gasteiger partial charge in [-0.05, 0) is 0 Å². The molecule has 0 radical (unpaired) electrons. The van der Waals surface area contributed by atoms with Crippen LogP contribution in [0.2, 0.25) is 0 Å². The summed E-state index contributed by atoms with van der Waals surface area (Å²) in [7, 11) is 9.67. The van der Waals surface area contributed by atoms with Crippen LogP contribution >= 0.6 is 64.7 Å². The zero-order valence-electron chi connectivity index (χ0n) is 19.2. The van der Waals surface area contributed by atoms with Crippen LogP contribution in [-0.4, -0.2) is 67.0 Å². The molecule has 0 aromatic carbocycles. The number of hydrogen-bond acceptors (Lipinski definition) is 12. The van der Waals surface area contributed by atoms with Crippen molar-refractivity contribution in [3.63, 3.8) is 0 Å². The molecule has 0 bridgehead atoms. The number of hydrogen-bond donors (Lipinski definition) is 0. The van der Waals surface area contributed by atoms with E-state index in [1.165, 1.54) is 45.3 Å². The van der Waals surface area contributed by atoms with Crippen LogP contribution in [0.1, 0.15) is 27.7 Å². The molecule has 0 amide bonds. The minimum atomic E-state index is -0.226. The fourth-order valence-corrected chi connectivity index (χ4v) is 3.43. The summed E-state index contributed by atoms with van der Waals surface area (Å²) >= 11 is 5.61. The maximum absolute atomic E-state index is 4.83. The summed E-state index contributed by atoms with van der Waals surface area (Å²) in [6, 6.07) is 0. The summed E-state index contributed by atoms with van der Waals surface area (Å²) in [5.74, 6) is 0. The van der Waals surface area contributed by atoms with E-state index in [0.717, 1.165) is 46.7 Å². The molecule has 0 atom stereocenters. The molecule has 4 rings (SSSR count). The number of halogens is 2. The number of rotatable bonds is 8. The third-order valence-electron chi connectivity index (χ3n) is 2.57. The molecule has 0 saturated heterocycles. The summed E-state index contributed by atoms with van der Waals surface area (Å²) in [6.45, 7) is 11.0. The van der Waals surface area contributed by atoms with Gasteiger partial charge in [0.25, 0.3) is 0 Å². The van der Waals surface area contributed by atoms with Gasteiger partial charge < -0.3 is 41.7 Å². The van der Waals surface area contributed by atoms with Crippen molar-refractivity contribution in [2.24, 2.45) is 0 Å². The van der Waals surface area contributed by atoms with Gasteiger partial charge in [-0.15, -0.1) is 45.3 Å². The summed E-state index contributed by atoms with van der Waals surface area (Å²) in [5.41, 5.74) is 6.70. The first-order valence-corrected chi connectivity index (χ1v) is 17.5. The molecular formula is C16H24Cl2N12RhS4-4. The molecule has 0 unspecified atom stereocenters. The molecule has 0 N–H and O–H groups in total. The maximum atomic E-state index is 4.83. The number of nitrogens with zero attached hydrogens (tertiary/aromatic N) is 12. The third-order valence-corrected chi connectivity index (χ3v) is 5.05. The Morgan fingerprint density at radius 3 is 0.857 bits per heavy atom. The zero-order chi connectivity index (χ0) is 26.0. The molecule has 0 saturated carbocycles. The van der Waals surface area contributed by atoms with E-state index in [1.54, 1.807) is 22.0 Å². The van der Waals surface area contributed by atoms with Gasteiger partial charge in [0.15, 0.2) is 0 Å². The first-order chi connectivity index (χ1) is 17.1. The standard InChI is InChI=1S/4C4H6N3S.2ClH.Rh/c4*1-2-5-4-7-6-3-8-4;;;/h4*3H,2H2,1H3;2*1H;/q4*-1;;;+2/p-2. The zero-order valence-corrected chi connectivity index (χ0v) is 25.6. The monoisotopic (exact) mass is 685 g/mol. The van der Waals surface area contributed by atoms with E-state index in [4.69, 9.17) is 19.4 Å². The molecular weight excluding hydrogens is 662 g/mol. The van der Waals surface area contributed by atoms with Gasteiger partial charge in [0.05, 0.1) is 22.0 Å². The van der Waals surface area contributed by atoms with Crippen molar-refractivity contribution in [1.82, 2.24) is 40.8 Å². The van der Waals surface area contributed by atoms with Gasteiger partial charge in [-0.2, -0.15) is 0 Å². The van der Waals surface area contributed by atoms with Crippen molar-refractivity contribution in [2.45, 2.75) is 27.7 Å². The Balaban J connectivity index is 0.000000424. The molecule has 12 nitrogen and oxygen atoms in total. The second-order valence-corrected chi connectivity index (χ2v) is 10.6. The quantitative estimate of drug-likeness (QED) is 0.171. The van der Waals surface area contributed by atoms with Crippen molar-refractivity contribution in [3.05, 3.63) is 43.3 Å². The van der Waals surface area contributed by atoms with Gasteiger partial charge in [-0.3, -0.25) is 20.4 Å². The topological polar surface area (TPSA) is 160 Å². The first-order valence-electron chi connectivity index (χ1n) is 9.73. The Morgan fingerprint density at radius 1 is 0.543 bits per heavy atom. The van der Waals surface area contributed by atoms with Crippen LogP contribution in [0.15, 0.2) is 22.0 Å². The van der Waals surface area contributed by atoms with Crippen molar-refractivity contribution in [2.75, 3.05) is 26.2 Å². The van der Waals surface area contributed by atoms with Crippen molar-refractivity contribution < 1.29 is 15.1 Å². The predicted molar refractivity (Wildman–Crippen MR) is 146 cm³/mol. The molecule has 4 aromatic rings. The molecule has 19 heteroatoms. The average molecular weight is 687 g/mol. The second-order valence-electron chi connectivity index (χ2n) is 4.83. The van der Waals surface area contributed by atoms with Gasteiger partial charge >= 0.3 is 34.5 Å². The van der Waals surface area contributed by atoms with Crippen molar-refractivity contribution in [3.8, 4) is 0 Å². The third kappa shape index (κ3) is 20.5. The Bertz CT molecular complexity index is 726. The van der Waals surface area contributed by atoms with Crippen LogP contribution in [0, 0.1) is 0 Å². The van der Waals surface area contributed by atoms with E-state index in [-0.39, 0.29) is 15.1 Å². The summed E-state index contributed by atoms with van der Waals surface area (Å²) in [4.78, 5) is 0. The molecule has 0 fully saturated rings. The van der Waals surface area contributed by atoms with E-state index in [1.807, 2.05) is 27.7 Å². The SMILES string of the molecule is CC[N-]c1nncs1.CC[N-]c1nncs1.CC[N-]c1nncs1.CC[N-]c1nncs1.[Cl][Rh][Cl]. The van der Waals surface area contributed by atoms with Crippen LogP contribution in [0.3, 0.4) is 0 Å². The van der Waals surface area contributed by atoms with E-state index < -0.39 is 0 Å². The predicted octanol–water partition coefficient (Wildman–Crippen LogP) is 7.63. The fourth-order valence-electron chi connectivity index (χ4n) is 1.49. The van der Waals surface area contributed by atoms with Crippen LogP contribution in [0.4, 0.5) is 20.5 Å². The normalized spacial score (nSPS) is 8.97. The summed E-state index contributed by atoms with van der Waals surface area (Å²) < 4.78 is 0. The summed E-state index contributed by atoms with van der Waals surface area (Å²) in [6.07, 6.45) is 0. The molecule has 0 aliphatic heterocycles. The van der Waals surface area contributed by atoms with Crippen molar-refractivity contribution in [1.29, 1.82) is 0 Å². The minimum absolute atomic E-state index is 0.226. The van der Waals surface area contributed by atoms with Crippen LogP contribution in [0.5, 0.6) is 0 Å². The number of aromatic nitrogens is 8. The Morgan fingerprint density at radius 2 is 0.743 bits per heavy atom. The van der Waals surface area contributed by atoms with Gasteiger partial charge in [-0.1, -0.05) is 53.9 Å². The molecule has 35 heavy (non-hydrogen) atoms. The Labute approximate surface area is 236 Å². The summed E-state index contributed by atoms with van der Waals surface area (Å²) in [5, 5.41) is 48.4. The van der Waals surface area contributed by atoms with Crippen LogP contribution in [0.25, 0.3) is 21.3 Å². The van der Waals surface area contributed by atoms with Crippen LogP contribution < -0.4 is 0 Å². The van der Waals surface area contributed by atoms with Gasteiger partial charge in [0.1, 0.15) is 0 Å². The molecule has 0 aliphatic rings. The molecule has 4 aromatic heterocycles. The van der Waals surface area contributed by atoms with Crippen molar-refractivity contribution >= 4 is 85.3 Å². The molecule has 4 heterocycles.